The number of rotatable bonds is 9. The number of Topliss-reactive ketones (excluding diaryl/α,β-unsaturated/α-hetero) is 1. The molecule has 2 saturated carbocycles. The van der Waals surface area contributed by atoms with Gasteiger partial charge in [0.25, 0.3) is 0 Å². The van der Waals surface area contributed by atoms with Gasteiger partial charge in [0.2, 0.25) is 33.6 Å². The molecule has 1 N–H and O–H groups in total. The Morgan fingerprint density at radius 1 is 1.04 bits per heavy atom. The molecule has 3 fully saturated rings. The zero-order valence-corrected chi connectivity index (χ0v) is 33.9. The number of esters is 1. The number of hydrogen-bond acceptors (Lipinski definition) is 11. The largest absolute Gasteiger partial charge is 0.476 e. The van der Waals surface area contributed by atoms with E-state index < -0.39 is 55.7 Å². The van der Waals surface area contributed by atoms with Gasteiger partial charge in [-0.05, 0) is 103 Å². The zero-order valence-electron chi connectivity index (χ0n) is 33.1. The highest BCUT2D eigenvalue weighted by Gasteiger charge is 2.62. The molecule has 1 aromatic heterocycles. The standard InChI is InChI=1S/C41H56N4O9S/c1-8-52-35-29-15-11-12-16-30(29)36(43-42-35)53-28-20-32-33(46)23-41(38(49)44-55(50,51)40(7)17-18-40)22-27(41)14-10-9-13-25(2)19-26(3)31(37(48)45(32)24-28)21-34(47)54-39(4,5)6/h10-12,14-16,25-28,31-32H,8-9,13,17-24H2,1-7H3,(H,44,49)/b14-10-/t25-,26+,27+,28+,31-,32-,41+/m0/s1. The first-order valence-electron chi connectivity index (χ1n) is 19.7. The Bertz CT molecular complexity index is 1960. The molecular weight excluding hydrogens is 725 g/mol. The molecule has 6 rings (SSSR count). The number of allylic oxidation sites excluding steroid dienone is 2. The molecule has 55 heavy (non-hydrogen) atoms. The molecule has 300 valence electrons. The molecule has 14 heteroatoms. The second-order valence-corrected chi connectivity index (χ2v) is 19.7. The molecule has 0 spiro atoms. The fourth-order valence-corrected chi connectivity index (χ4v) is 9.52. The molecule has 2 amide bonds. The summed E-state index contributed by atoms with van der Waals surface area (Å²) in [4.78, 5) is 58.3. The van der Waals surface area contributed by atoms with E-state index in [1.165, 1.54) is 4.90 Å². The second kappa shape index (κ2) is 15.5. The fourth-order valence-electron chi connectivity index (χ4n) is 8.19. The molecular formula is C41H56N4O9S. The van der Waals surface area contributed by atoms with E-state index in [0.717, 1.165) is 6.42 Å². The maximum Gasteiger partial charge on any atom is 0.307 e. The summed E-state index contributed by atoms with van der Waals surface area (Å²) >= 11 is 0. The number of nitrogens with zero attached hydrogens (tertiary/aromatic N) is 3. The molecule has 2 aliphatic heterocycles. The van der Waals surface area contributed by atoms with Gasteiger partial charge >= 0.3 is 5.97 Å². The van der Waals surface area contributed by atoms with E-state index in [1.807, 2.05) is 50.3 Å². The van der Waals surface area contributed by atoms with E-state index in [2.05, 4.69) is 21.8 Å². The van der Waals surface area contributed by atoms with E-state index >= 15 is 0 Å². The SMILES string of the molecule is CCOc1nnc(O[C@@H]2C[C@H]3C(=O)C[C@]4(C(=O)NS(=O)(=O)C5(C)CC5)C[C@H]4/C=C\CC[C@H](C)C[C@@H](C)[C@H](CC(=O)OC(C)(C)C)C(=O)N3C2)c2ccccc12. The summed E-state index contributed by atoms with van der Waals surface area (Å²) in [6.45, 7) is 13.3. The number of ether oxygens (including phenoxy) is 3. The molecule has 7 atom stereocenters. The summed E-state index contributed by atoms with van der Waals surface area (Å²) in [6.07, 6.45) is 6.39. The van der Waals surface area contributed by atoms with Crippen LogP contribution in [0.15, 0.2) is 36.4 Å². The van der Waals surface area contributed by atoms with Crippen molar-refractivity contribution in [3.8, 4) is 11.8 Å². The van der Waals surface area contributed by atoms with E-state index in [-0.39, 0.29) is 61.1 Å². The molecule has 0 radical (unpaired) electrons. The van der Waals surface area contributed by atoms with Crippen LogP contribution in [-0.4, -0.2) is 82.7 Å². The highest BCUT2D eigenvalue weighted by atomic mass is 32.2. The number of amides is 2. The molecule has 4 aliphatic rings. The minimum atomic E-state index is -3.95. The van der Waals surface area contributed by atoms with Gasteiger partial charge in [-0.1, -0.05) is 38.1 Å². The van der Waals surface area contributed by atoms with Crippen molar-refractivity contribution in [2.45, 2.75) is 129 Å². The normalized spacial score (nSPS) is 30.3. The van der Waals surface area contributed by atoms with Gasteiger partial charge in [0.15, 0.2) is 5.78 Å². The Morgan fingerprint density at radius 2 is 1.71 bits per heavy atom. The number of hydrogen-bond donors (Lipinski definition) is 1. The number of carbonyl (C=O) groups excluding carboxylic acids is 4. The van der Waals surface area contributed by atoms with E-state index in [1.54, 1.807) is 27.7 Å². The van der Waals surface area contributed by atoms with E-state index in [9.17, 15) is 27.6 Å². The third-order valence-corrected chi connectivity index (χ3v) is 13.9. The van der Waals surface area contributed by atoms with Crippen LogP contribution in [0.5, 0.6) is 11.8 Å². The number of nitrogens with one attached hydrogen (secondary N) is 1. The van der Waals surface area contributed by atoms with Crippen LogP contribution < -0.4 is 14.2 Å². The van der Waals surface area contributed by atoms with Gasteiger partial charge in [-0.2, -0.15) is 0 Å². The smallest absolute Gasteiger partial charge is 0.307 e. The van der Waals surface area contributed by atoms with E-state index in [0.29, 0.717) is 55.4 Å². The van der Waals surface area contributed by atoms with Crippen molar-refractivity contribution in [1.29, 1.82) is 0 Å². The molecule has 2 aromatic rings. The molecule has 1 aromatic carbocycles. The maximum atomic E-state index is 14.9. The van der Waals surface area contributed by atoms with Crippen molar-refractivity contribution in [3.05, 3.63) is 36.4 Å². The summed E-state index contributed by atoms with van der Waals surface area (Å²) < 4.78 is 45.6. The van der Waals surface area contributed by atoms with Crippen LogP contribution in [0.3, 0.4) is 0 Å². The van der Waals surface area contributed by atoms with Crippen LogP contribution in [0, 0.1) is 29.1 Å². The Balaban J connectivity index is 1.35. The van der Waals surface area contributed by atoms with Crippen LogP contribution in [0.4, 0.5) is 0 Å². The minimum absolute atomic E-state index is 0.0286. The summed E-state index contributed by atoms with van der Waals surface area (Å²) in [6, 6.07) is 6.39. The predicted octanol–water partition coefficient (Wildman–Crippen LogP) is 5.70. The maximum absolute atomic E-state index is 14.9. The minimum Gasteiger partial charge on any atom is -0.476 e. The van der Waals surface area contributed by atoms with Crippen LogP contribution in [0.2, 0.25) is 0 Å². The average Bonchev–Trinajstić information content (AvgIpc) is 3.99. The van der Waals surface area contributed by atoms with Crippen LogP contribution >= 0.6 is 0 Å². The lowest BCUT2D eigenvalue weighted by Crippen LogP contribution is -2.48. The Kier molecular flexibility index (Phi) is 11.4. The summed E-state index contributed by atoms with van der Waals surface area (Å²) in [7, 11) is -3.95. The zero-order chi connectivity index (χ0) is 39.9. The van der Waals surface area contributed by atoms with Crippen molar-refractivity contribution >= 4 is 44.4 Å². The Hall–Kier alpha value is -4.07. The first-order valence-corrected chi connectivity index (χ1v) is 21.2. The highest BCUT2D eigenvalue weighted by Crippen LogP contribution is 2.57. The van der Waals surface area contributed by atoms with Crippen LogP contribution in [0.25, 0.3) is 10.8 Å². The third kappa shape index (κ3) is 8.84. The van der Waals surface area contributed by atoms with Crippen LogP contribution in [-0.2, 0) is 33.9 Å². The molecule has 1 saturated heterocycles. The number of carbonyl (C=O) groups is 4. The highest BCUT2D eigenvalue weighted by molar-refractivity contribution is 7.91. The topological polar surface area (TPSA) is 171 Å². The molecule has 2 aliphatic carbocycles. The molecule has 0 unspecified atom stereocenters. The van der Waals surface area contributed by atoms with Crippen molar-refractivity contribution in [2.24, 2.45) is 29.1 Å². The number of aromatic nitrogens is 2. The predicted molar refractivity (Wildman–Crippen MR) is 205 cm³/mol. The Labute approximate surface area is 324 Å². The first kappa shape index (κ1) is 40.6. The first-order chi connectivity index (χ1) is 25.9. The molecule has 3 heterocycles. The van der Waals surface area contributed by atoms with Gasteiger partial charge < -0.3 is 19.1 Å². The monoisotopic (exact) mass is 780 g/mol. The number of benzene rings is 1. The van der Waals surface area contributed by atoms with Crippen molar-refractivity contribution in [3.63, 3.8) is 0 Å². The summed E-state index contributed by atoms with van der Waals surface area (Å²) in [5.74, 6) is -2.46. The van der Waals surface area contributed by atoms with Gasteiger partial charge in [-0.3, -0.25) is 23.9 Å². The second-order valence-electron chi connectivity index (χ2n) is 17.5. The van der Waals surface area contributed by atoms with Crippen molar-refractivity contribution in [1.82, 2.24) is 19.8 Å². The molecule has 13 nitrogen and oxygen atoms in total. The van der Waals surface area contributed by atoms with Crippen LogP contribution in [0.1, 0.15) is 106 Å². The fraction of sp³-hybridized carbons (Fsp3) is 0.659. The third-order valence-electron chi connectivity index (χ3n) is 11.8. The Morgan fingerprint density at radius 3 is 2.36 bits per heavy atom. The van der Waals surface area contributed by atoms with Gasteiger partial charge in [0.1, 0.15) is 11.7 Å². The summed E-state index contributed by atoms with van der Waals surface area (Å²) in [5, 5.41) is 9.93. The number of sulfonamides is 1. The van der Waals surface area contributed by atoms with Crippen molar-refractivity contribution in [2.75, 3.05) is 13.2 Å². The lowest BCUT2D eigenvalue weighted by atomic mass is 9.82. The average molecular weight is 781 g/mol. The van der Waals surface area contributed by atoms with Gasteiger partial charge in [0, 0.05) is 12.8 Å². The lowest BCUT2D eigenvalue weighted by molar-refractivity contribution is -0.160. The van der Waals surface area contributed by atoms with Gasteiger partial charge in [0.05, 0.1) is 52.5 Å². The number of fused-ring (bicyclic) bond motifs is 3. The quantitative estimate of drug-likeness (QED) is 0.245. The molecule has 0 bridgehead atoms. The van der Waals surface area contributed by atoms with Crippen molar-refractivity contribution < 1.29 is 41.8 Å². The summed E-state index contributed by atoms with van der Waals surface area (Å²) in [5.41, 5.74) is -2.03. The van der Waals surface area contributed by atoms with Gasteiger partial charge in [-0.15, -0.1) is 10.2 Å². The van der Waals surface area contributed by atoms with Gasteiger partial charge in [-0.25, -0.2) is 8.42 Å². The lowest BCUT2D eigenvalue weighted by Gasteiger charge is -2.32. The number of ketones is 1. The van der Waals surface area contributed by atoms with E-state index in [4.69, 9.17) is 14.2 Å².